The third-order valence-corrected chi connectivity index (χ3v) is 3.40. The lowest BCUT2D eigenvalue weighted by Gasteiger charge is -2.11. The van der Waals surface area contributed by atoms with E-state index >= 15 is 0 Å². The molecule has 0 fully saturated rings. The van der Waals surface area contributed by atoms with Crippen molar-refractivity contribution in [2.45, 2.75) is 52.5 Å². The predicted molar refractivity (Wildman–Crippen MR) is 64.3 cm³/mol. The van der Waals surface area contributed by atoms with Crippen LogP contribution in [0.4, 0.5) is 0 Å². The molecule has 0 aromatic rings. The summed E-state index contributed by atoms with van der Waals surface area (Å²) in [5, 5.41) is 0. The van der Waals surface area contributed by atoms with E-state index in [1.165, 1.54) is 31.4 Å². The molecular formula is C11H25NS. The second-order valence-corrected chi connectivity index (χ2v) is 5.31. The van der Waals surface area contributed by atoms with Crippen molar-refractivity contribution in [2.75, 3.05) is 11.5 Å². The van der Waals surface area contributed by atoms with Gasteiger partial charge in [-0.05, 0) is 24.5 Å². The predicted octanol–water partition coefficient (Wildman–Crippen LogP) is 3.28. The molecule has 0 spiro atoms. The van der Waals surface area contributed by atoms with Crippen LogP contribution in [0.1, 0.15) is 46.5 Å². The van der Waals surface area contributed by atoms with Crippen molar-refractivity contribution in [3.05, 3.63) is 0 Å². The van der Waals surface area contributed by atoms with Crippen molar-refractivity contribution in [1.29, 1.82) is 0 Å². The van der Waals surface area contributed by atoms with Crippen LogP contribution < -0.4 is 5.73 Å². The summed E-state index contributed by atoms with van der Waals surface area (Å²) in [7, 11) is 0. The molecule has 0 heterocycles. The Morgan fingerprint density at radius 1 is 1.23 bits per heavy atom. The lowest BCUT2D eigenvalue weighted by atomic mass is 10.0. The van der Waals surface area contributed by atoms with Crippen LogP contribution in [0, 0.1) is 5.92 Å². The van der Waals surface area contributed by atoms with Gasteiger partial charge in [0.25, 0.3) is 0 Å². The summed E-state index contributed by atoms with van der Waals surface area (Å²) < 4.78 is 0. The van der Waals surface area contributed by atoms with Crippen molar-refractivity contribution in [3.8, 4) is 0 Å². The van der Waals surface area contributed by atoms with E-state index in [0.717, 1.165) is 11.7 Å². The average Bonchev–Trinajstić information content (AvgIpc) is 2.04. The maximum atomic E-state index is 5.98. The van der Waals surface area contributed by atoms with Crippen LogP contribution >= 0.6 is 11.8 Å². The van der Waals surface area contributed by atoms with Crippen LogP contribution in [-0.2, 0) is 0 Å². The van der Waals surface area contributed by atoms with Crippen LogP contribution in [0.3, 0.4) is 0 Å². The fourth-order valence-corrected chi connectivity index (χ4v) is 2.18. The molecule has 1 atom stereocenters. The van der Waals surface area contributed by atoms with Crippen LogP contribution in [0.15, 0.2) is 0 Å². The summed E-state index contributed by atoms with van der Waals surface area (Å²) >= 11 is 2.00. The fraction of sp³-hybridized carbons (Fsp3) is 1.00. The van der Waals surface area contributed by atoms with Gasteiger partial charge in [-0.2, -0.15) is 11.8 Å². The first-order valence-electron chi connectivity index (χ1n) is 5.50. The Balaban J connectivity index is 3.15. The van der Waals surface area contributed by atoms with E-state index in [-0.39, 0.29) is 0 Å². The molecule has 2 N–H and O–H groups in total. The maximum absolute atomic E-state index is 5.98. The van der Waals surface area contributed by atoms with Gasteiger partial charge in [-0.25, -0.2) is 0 Å². The van der Waals surface area contributed by atoms with Crippen LogP contribution in [0.5, 0.6) is 0 Å². The molecule has 13 heavy (non-hydrogen) atoms. The minimum absolute atomic E-state index is 0.426. The van der Waals surface area contributed by atoms with Gasteiger partial charge in [0.15, 0.2) is 0 Å². The number of thioether (sulfide) groups is 1. The Morgan fingerprint density at radius 3 is 2.46 bits per heavy atom. The highest BCUT2D eigenvalue weighted by Gasteiger charge is 2.02. The van der Waals surface area contributed by atoms with E-state index < -0.39 is 0 Å². The van der Waals surface area contributed by atoms with Crippen LogP contribution in [-0.4, -0.2) is 17.5 Å². The minimum atomic E-state index is 0.426. The van der Waals surface area contributed by atoms with Gasteiger partial charge in [-0.3, -0.25) is 0 Å². The van der Waals surface area contributed by atoms with E-state index in [0.29, 0.717) is 6.04 Å². The number of hydrogen-bond donors (Lipinski definition) is 1. The van der Waals surface area contributed by atoms with Gasteiger partial charge in [0.05, 0.1) is 0 Å². The smallest absolute Gasteiger partial charge is 0.0130 e. The molecule has 0 aromatic heterocycles. The Hall–Kier alpha value is 0.310. The van der Waals surface area contributed by atoms with Gasteiger partial charge in [-0.15, -0.1) is 0 Å². The van der Waals surface area contributed by atoms with Gasteiger partial charge in [0.2, 0.25) is 0 Å². The topological polar surface area (TPSA) is 26.0 Å². The Morgan fingerprint density at radius 2 is 1.92 bits per heavy atom. The second-order valence-electron chi connectivity index (χ2n) is 4.16. The monoisotopic (exact) mass is 203 g/mol. The third-order valence-electron chi connectivity index (χ3n) is 2.04. The molecule has 0 bridgehead atoms. The summed E-state index contributed by atoms with van der Waals surface area (Å²) in [6.45, 7) is 6.77. The lowest BCUT2D eigenvalue weighted by molar-refractivity contribution is 0.513. The zero-order valence-corrected chi connectivity index (χ0v) is 10.2. The molecule has 0 saturated carbocycles. The van der Waals surface area contributed by atoms with Gasteiger partial charge < -0.3 is 5.73 Å². The molecule has 0 amide bonds. The molecule has 1 unspecified atom stereocenters. The van der Waals surface area contributed by atoms with Gasteiger partial charge in [0.1, 0.15) is 0 Å². The van der Waals surface area contributed by atoms with Crippen molar-refractivity contribution >= 4 is 11.8 Å². The van der Waals surface area contributed by atoms with E-state index in [1.807, 2.05) is 11.8 Å². The quantitative estimate of drug-likeness (QED) is 0.613. The Bertz CT molecular complexity index is 104. The fourth-order valence-electron chi connectivity index (χ4n) is 1.25. The van der Waals surface area contributed by atoms with E-state index in [9.17, 15) is 0 Å². The molecular weight excluding hydrogens is 178 g/mol. The lowest BCUT2D eigenvalue weighted by Crippen LogP contribution is -2.22. The van der Waals surface area contributed by atoms with Crippen molar-refractivity contribution in [3.63, 3.8) is 0 Å². The second kappa shape index (κ2) is 8.89. The summed E-state index contributed by atoms with van der Waals surface area (Å²) in [6, 6.07) is 0.426. The van der Waals surface area contributed by atoms with Gasteiger partial charge in [-0.1, -0.05) is 33.6 Å². The molecule has 80 valence electrons. The molecule has 1 nitrogen and oxygen atoms in total. The normalized spacial score (nSPS) is 13.6. The minimum Gasteiger partial charge on any atom is -0.327 e. The molecule has 0 rings (SSSR count). The number of nitrogens with two attached hydrogens (primary N) is 1. The molecule has 0 saturated heterocycles. The standard InChI is InChI=1S/C11H25NS/c1-4-8-13-9-11(12)7-5-6-10(2)3/h10-11H,4-9,12H2,1-3H3. The SMILES string of the molecule is CCCSCC(N)CCCC(C)C. The van der Waals surface area contributed by atoms with Gasteiger partial charge in [0, 0.05) is 11.8 Å². The van der Waals surface area contributed by atoms with Crippen LogP contribution in [0.25, 0.3) is 0 Å². The largest absolute Gasteiger partial charge is 0.327 e. The van der Waals surface area contributed by atoms with E-state index in [2.05, 4.69) is 20.8 Å². The molecule has 2 heteroatoms. The summed E-state index contributed by atoms with van der Waals surface area (Å²) in [4.78, 5) is 0. The Labute approximate surface area is 87.9 Å². The molecule has 0 aliphatic carbocycles. The Kier molecular flexibility index (Phi) is 9.10. The summed E-state index contributed by atoms with van der Waals surface area (Å²) in [5.74, 6) is 3.24. The van der Waals surface area contributed by atoms with Crippen molar-refractivity contribution < 1.29 is 0 Å². The first kappa shape index (κ1) is 13.3. The van der Waals surface area contributed by atoms with Crippen LogP contribution in [0.2, 0.25) is 0 Å². The maximum Gasteiger partial charge on any atom is 0.0130 e. The zero-order chi connectivity index (χ0) is 10.1. The van der Waals surface area contributed by atoms with Crippen molar-refractivity contribution in [1.82, 2.24) is 0 Å². The van der Waals surface area contributed by atoms with Crippen molar-refractivity contribution in [2.24, 2.45) is 11.7 Å². The first-order chi connectivity index (χ1) is 6.16. The number of hydrogen-bond acceptors (Lipinski definition) is 2. The molecule has 0 radical (unpaired) electrons. The van der Waals surface area contributed by atoms with Gasteiger partial charge >= 0.3 is 0 Å². The average molecular weight is 203 g/mol. The molecule has 0 aromatic carbocycles. The zero-order valence-electron chi connectivity index (χ0n) is 9.38. The highest BCUT2D eigenvalue weighted by molar-refractivity contribution is 7.99. The highest BCUT2D eigenvalue weighted by atomic mass is 32.2. The molecule has 0 aliphatic rings. The highest BCUT2D eigenvalue weighted by Crippen LogP contribution is 2.11. The first-order valence-corrected chi connectivity index (χ1v) is 6.65. The number of rotatable bonds is 8. The molecule has 0 aliphatic heterocycles. The summed E-state index contributed by atoms with van der Waals surface area (Å²) in [5.41, 5.74) is 5.98. The summed E-state index contributed by atoms with van der Waals surface area (Å²) in [6.07, 6.45) is 5.09. The third kappa shape index (κ3) is 10.2. The van der Waals surface area contributed by atoms with E-state index in [1.54, 1.807) is 0 Å². The van der Waals surface area contributed by atoms with E-state index in [4.69, 9.17) is 5.73 Å².